The maximum atomic E-state index is 13.9. The topological polar surface area (TPSA) is 155 Å². The fourth-order valence-corrected chi connectivity index (χ4v) is 5.58. The van der Waals surface area contributed by atoms with Crippen molar-refractivity contribution in [2.75, 3.05) is 91.7 Å². The van der Waals surface area contributed by atoms with Crippen LogP contribution in [0, 0.1) is 3.57 Å². The van der Waals surface area contributed by atoms with Gasteiger partial charge < -0.3 is 40.1 Å². The summed E-state index contributed by atoms with van der Waals surface area (Å²) in [6, 6.07) is 26.6. The van der Waals surface area contributed by atoms with Gasteiger partial charge >= 0.3 is 0 Å². The molecule has 0 atom stereocenters. The zero-order valence-corrected chi connectivity index (χ0v) is 32.0. The summed E-state index contributed by atoms with van der Waals surface area (Å²) in [7, 11) is 3.00. The summed E-state index contributed by atoms with van der Waals surface area (Å²) in [4.78, 5) is 72.1. The summed E-state index contributed by atoms with van der Waals surface area (Å²) in [6.07, 6.45) is 0.954. The summed E-state index contributed by atoms with van der Waals surface area (Å²) < 4.78 is 11.5. The van der Waals surface area contributed by atoms with E-state index in [1.165, 1.54) is 33.8 Å². The van der Waals surface area contributed by atoms with Crippen LogP contribution in [0.4, 0.5) is 5.69 Å². The number of nitrogens with zero attached hydrogens (tertiary/aromatic N) is 4. The molecule has 0 unspecified atom stereocenters. The van der Waals surface area contributed by atoms with E-state index in [4.69, 9.17) is 15.2 Å². The predicted octanol–water partition coefficient (Wildman–Crippen LogP) is 2.28. The molecule has 0 bridgehead atoms. The van der Waals surface area contributed by atoms with Gasteiger partial charge in [-0.1, -0.05) is 60.7 Å². The standard InChI is InChI=1S/C38H49IN6O7/c1-51-23-21-44(35(47)25-41-33-15-13-32(39)14-16-33)28-37(49)43(20-18-31-11-7-4-8-12-31)27-38(50)45(22-24-52-2)29-36(48)42(26-34(40)46)19-17-30-9-5-3-6-10-30/h3-16,41H,17-29H2,1-2H3,(H2,40,46). The Labute approximate surface area is 319 Å². The fraction of sp³-hybridized carbons (Fsp3) is 0.395. The molecule has 0 fully saturated rings. The minimum Gasteiger partial charge on any atom is -0.383 e. The number of benzene rings is 3. The number of nitrogens with one attached hydrogen (secondary N) is 1. The number of primary amides is 1. The molecule has 0 spiro atoms. The zero-order valence-electron chi connectivity index (χ0n) is 29.9. The number of halogens is 1. The Balaban J connectivity index is 1.77. The Morgan fingerprint density at radius 3 is 1.40 bits per heavy atom. The van der Waals surface area contributed by atoms with Crippen LogP contribution in [0.25, 0.3) is 0 Å². The molecular formula is C38H49IN6O7. The number of amides is 5. The normalized spacial score (nSPS) is 10.7. The number of hydrogen-bond acceptors (Lipinski definition) is 8. The van der Waals surface area contributed by atoms with Crippen LogP contribution in [0.2, 0.25) is 0 Å². The van der Waals surface area contributed by atoms with Gasteiger partial charge in [0.25, 0.3) is 0 Å². The molecule has 0 saturated heterocycles. The van der Waals surface area contributed by atoms with Crippen LogP contribution in [0.3, 0.4) is 0 Å². The highest BCUT2D eigenvalue weighted by atomic mass is 127. The van der Waals surface area contributed by atoms with Gasteiger partial charge in [0.2, 0.25) is 29.5 Å². The number of rotatable bonds is 23. The Hall–Kier alpha value is -4.54. The number of carbonyl (C=O) groups is 5. The van der Waals surface area contributed by atoms with Crippen LogP contribution >= 0.6 is 22.6 Å². The van der Waals surface area contributed by atoms with E-state index in [2.05, 4.69) is 27.9 Å². The van der Waals surface area contributed by atoms with Crippen molar-refractivity contribution < 1.29 is 33.4 Å². The van der Waals surface area contributed by atoms with E-state index in [-0.39, 0.29) is 78.0 Å². The summed E-state index contributed by atoms with van der Waals surface area (Å²) in [5, 5.41) is 3.10. The van der Waals surface area contributed by atoms with Gasteiger partial charge in [-0.05, 0) is 70.8 Å². The van der Waals surface area contributed by atoms with Crippen LogP contribution in [-0.4, -0.2) is 135 Å². The van der Waals surface area contributed by atoms with Gasteiger partial charge in [-0.25, -0.2) is 0 Å². The smallest absolute Gasteiger partial charge is 0.242 e. The maximum Gasteiger partial charge on any atom is 0.242 e. The summed E-state index contributed by atoms with van der Waals surface area (Å²) >= 11 is 2.20. The first kappa shape index (κ1) is 41.9. The molecule has 14 heteroatoms. The van der Waals surface area contributed by atoms with E-state index in [1.54, 1.807) is 0 Å². The Morgan fingerprint density at radius 2 is 0.981 bits per heavy atom. The lowest BCUT2D eigenvalue weighted by Gasteiger charge is -2.31. The quantitative estimate of drug-likeness (QED) is 0.138. The van der Waals surface area contributed by atoms with Gasteiger partial charge in [0.15, 0.2) is 0 Å². The molecule has 3 aromatic rings. The SMILES string of the molecule is COCCN(CC(=O)N(CCc1ccccc1)CC(=O)N(CCOC)CC(=O)N(CCc1ccccc1)CC(N)=O)C(=O)CNc1ccc(I)cc1. The van der Waals surface area contributed by atoms with Crippen LogP contribution < -0.4 is 11.1 Å². The van der Waals surface area contributed by atoms with Crippen molar-refractivity contribution in [2.45, 2.75) is 12.8 Å². The van der Waals surface area contributed by atoms with E-state index in [1.807, 2.05) is 84.9 Å². The molecule has 0 radical (unpaired) electrons. The molecule has 0 aromatic heterocycles. The molecule has 0 aliphatic rings. The average molecular weight is 829 g/mol. The van der Waals surface area contributed by atoms with Gasteiger partial charge in [0.1, 0.15) is 0 Å². The van der Waals surface area contributed by atoms with E-state index in [0.717, 1.165) is 20.4 Å². The second kappa shape index (κ2) is 23.1. The monoisotopic (exact) mass is 828 g/mol. The van der Waals surface area contributed by atoms with Crippen LogP contribution in [0.1, 0.15) is 11.1 Å². The molecule has 3 N–H and O–H groups in total. The first-order valence-corrected chi connectivity index (χ1v) is 18.1. The number of ether oxygens (including phenoxy) is 2. The van der Waals surface area contributed by atoms with Gasteiger partial charge in [0.05, 0.1) is 45.9 Å². The summed E-state index contributed by atoms with van der Waals surface area (Å²) in [6.45, 7) is -0.277. The van der Waals surface area contributed by atoms with Crippen molar-refractivity contribution in [3.05, 3.63) is 99.6 Å². The molecule has 3 rings (SSSR count). The second-order valence-electron chi connectivity index (χ2n) is 12.0. The van der Waals surface area contributed by atoms with Crippen molar-refractivity contribution in [3.63, 3.8) is 0 Å². The molecule has 280 valence electrons. The second-order valence-corrected chi connectivity index (χ2v) is 13.3. The van der Waals surface area contributed by atoms with E-state index < -0.39 is 23.6 Å². The molecule has 0 aliphatic carbocycles. The highest BCUT2D eigenvalue weighted by Gasteiger charge is 2.27. The molecule has 0 aliphatic heterocycles. The average Bonchev–Trinajstić information content (AvgIpc) is 3.15. The summed E-state index contributed by atoms with van der Waals surface area (Å²) in [5.41, 5.74) is 8.19. The highest BCUT2D eigenvalue weighted by Crippen LogP contribution is 2.12. The van der Waals surface area contributed by atoms with Gasteiger partial charge in [-0.3, -0.25) is 24.0 Å². The minimum atomic E-state index is -0.671. The third kappa shape index (κ3) is 15.4. The maximum absolute atomic E-state index is 13.9. The molecule has 0 heterocycles. The molecule has 5 amide bonds. The lowest BCUT2D eigenvalue weighted by Crippen LogP contribution is -2.52. The highest BCUT2D eigenvalue weighted by molar-refractivity contribution is 14.1. The van der Waals surface area contributed by atoms with Crippen LogP contribution in [-0.2, 0) is 46.3 Å². The molecule has 3 aromatic carbocycles. The molecular weight excluding hydrogens is 779 g/mol. The largest absolute Gasteiger partial charge is 0.383 e. The van der Waals surface area contributed by atoms with Gasteiger partial charge in [-0.15, -0.1) is 0 Å². The van der Waals surface area contributed by atoms with Crippen LogP contribution in [0.5, 0.6) is 0 Å². The number of methoxy groups -OCH3 is 2. The van der Waals surface area contributed by atoms with Gasteiger partial charge in [-0.2, -0.15) is 0 Å². The Bertz CT molecular complexity index is 1560. The lowest BCUT2D eigenvalue weighted by molar-refractivity contribution is -0.146. The van der Waals surface area contributed by atoms with E-state index >= 15 is 0 Å². The fourth-order valence-electron chi connectivity index (χ4n) is 5.22. The number of hydrogen-bond donors (Lipinski definition) is 2. The molecule has 13 nitrogen and oxygen atoms in total. The van der Waals surface area contributed by atoms with E-state index in [0.29, 0.717) is 12.8 Å². The number of carbonyl (C=O) groups excluding carboxylic acids is 5. The van der Waals surface area contributed by atoms with Crippen LogP contribution in [0.15, 0.2) is 84.9 Å². The zero-order chi connectivity index (χ0) is 37.7. The molecule has 52 heavy (non-hydrogen) atoms. The van der Waals surface area contributed by atoms with E-state index in [9.17, 15) is 24.0 Å². The third-order valence-corrected chi connectivity index (χ3v) is 8.90. The Kier molecular flexibility index (Phi) is 18.6. The number of nitrogens with two attached hydrogens (primary N) is 1. The van der Waals surface area contributed by atoms with Crippen molar-refractivity contribution >= 4 is 57.8 Å². The van der Waals surface area contributed by atoms with Crippen molar-refractivity contribution in [1.29, 1.82) is 0 Å². The Morgan fingerprint density at radius 1 is 0.577 bits per heavy atom. The lowest BCUT2D eigenvalue weighted by atomic mass is 10.1. The molecule has 0 saturated carbocycles. The number of anilines is 1. The van der Waals surface area contributed by atoms with Crippen molar-refractivity contribution in [3.8, 4) is 0 Å². The van der Waals surface area contributed by atoms with Crippen molar-refractivity contribution in [1.82, 2.24) is 19.6 Å². The minimum absolute atomic E-state index is 0.0421. The first-order chi connectivity index (χ1) is 25.1. The third-order valence-electron chi connectivity index (χ3n) is 8.18. The summed E-state index contributed by atoms with van der Waals surface area (Å²) in [5.74, 6) is -2.35. The van der Waals surface area contributed by atoms with Crippen molar-refractivity contribution in [2.24, 2.45) is 5.73 Å². The van der Waals surface area contributed by atoms with Gasteiger partial charge in [0, 0.05) is 49.7 Å². The predicted molar refractivity (Wildman–Crippen MR) is 207 cm³/mol. The first-order valence-electron chi connectivity index (χ1n) is 17.0.